The second-order valence-corrected chi connectivity index (χ2v) is 11.4. The normalized spacial score (nSPS) is 13.5. The number of aromatic nitrogens is 2. The molecule has 1 aliphatic rings. The van der Waals surface area contributed by atoms with Crippen LogP contribution in [0, 0.1) is 0 Å². The zero-order valence-corrected chi connectivity index (χ0v) is 33.3. The van der Waals surface area contributed by atoms with E-state index in [0.717, 1.165) is 77.4 Å². The van der Waals surface area contributed by atoms with Crippen molar-refractivity contribution in [2.45, 2.75) is 136 Å². The Hall–Kier alpha value is -0.504. The smallest absolute Gasteiger partial charge is 0.854 e. The van der Waals surface area contributed by atoms with Gasteiger partial charge in [-0.15, -0.1) is 6.61 Å². The van der Waals surface area contributed by atoms with Crippen molar-refractivity contribution in [2.75, 3.05) is 53.6 Å². The molecule has 2 heterocycles. The van der Waals surface area contributed by atoms with Gasteiger partial charge in [-0.05, 0) is 39.3 Å². The van der Waals surface area contributed by atoms with Crippen molar-refractivity contribution in [1.29, 1.82) is 0 Å². The Morgan fingerprint density at radius 2 is 1.63 bits per heavy atom. The number of ether oxygens (including phenoxy) is 2. The molecule has 0 aliphatic carbocycles. The topological polar surface area (TPSA) is 137 Å². The molecule has 1 saturated heterocycles. The number of carbonyl (C=O) groups excluding carboxylic acids is 3. The molecule has 1 aromatic rings. The third-order valence-electron chi connectivity index (χ3n) is 7.32. The fraction of sp³-hybridized carbons (Fsp3) is 0.829. The van der Waals surface area contributed by atoms with E-state index in [0.29, 0.717) is 37.7 Å². The fourth-order valence-electron chi connectivity index (χ4n) is 4.54. The summed E-state index contributed by atoms with van der Waals surface area (Å²) < 4.78 is 10.7. The molecule has 1 fully saturated rings. The summed E-state index contributed by atoms with van der Waals surface area (Å²) in [6.07, 6.45) is 25.5. The maximum Gasteiger partial charge on any atom is 1.00 e. The van der Waals surface area contributed by atoms with Crippen molar-refractivity contribution in [2.24, 2.45) is 0 Å². The monoisotopic (exact) mass is 678 g/mol. The quantitative estimate of drug-likeness (QED) is 0.0732. The largest absolute Gasteiger partial charge is 1.00 e. The van der Waals surface area contributed by atoms with E-state index < -0.39 is 0 Å². The van der Waals surface area contributed by atoms with Crippen molar-refractivity contribution in [3.05, 3.63) is 18.2 Å². The van der Waals surface area contributed by atoms with E-state index in [1.807, 2.05) is 7.05 Å². The number of nitrogens with one attached hydrogen (secondary N) is 2. The van der Waals surface area contributed by atoms with E-state index in [1.54, 1.807) is 13.3 Å². The molecule has 1 aliphatic heterocycles. The van der Waals surface area contributed by atoms with Gasteiger partial charge in [0.15, 0.2) is 12.1 Å². The zero-order valence-electron chi connectivity index (χ0n) is 30.2. The summed E-state index contributed by atoms with van der Waals surface area (Å²) in [6.45, 7) is 9.21. The Labute approximate surface area is 323 Å². The minimum absolute atomic E-state index is 0. The van der Waals surface area contributed by atoms with Crippen LogP contribution < -0.4 is 61.8 Å². The number of unbranched alkanes of at least 4 members (excludes halogenated alkanes) is 12. The minimum Gasteiger partial charge on any atom is -0.854 e. The van der Waals surface area contributed by atoms with E-state index in [-0.39, 0.29) is 64.0 Å². The Kier molecular flexibility index (Phi) is 46.1. The predicted molar refractivity (Wildman–Crippen MR) is 181 cm³/mol. The summed E-state index contributed by atoms with van der Waals surface area (Å²) >= 11 is 0. The van der Waals surface area contributed by atoms with Crippen molar-refractivity contribution in [1.82, 2.24) is 20.2 Å². The molecular formula is C35H67KN4O6. The molecule has 0 spiro atoms. The van der Waals surface area contributed by atoms with Gasteiger partial charge in [-0.3, -0.25) is 9.59 Å². The molecule has 2 rings (SSSR count). The van der Waals surface area contributed by atoms with Crippen LogP contribution in [0.2, 0.25) is 0 Å². The summed E-state index contributed by atoms with van der Waals surface area (Å²) in [5.74, 6) is 0.366. The summed E-state index contributed by atoms with van der Waals surface area (Å²) in [4.78, 5) is 39.7. The second-order valence-electron chi connectivity index (χ2n) is 11.4. The SMILES string of the molecule is CCCCCCCCCCCOC(=O)CCCCCN1CCC(OC)C1.CCCCC[O-].CNCCC=O.O=Cc1ncc[nH]1.[K+]. The van der Waals surface area contributed by atoms with Gasteiger partial charge in [0.2, 0.25) is 0 Å². The molecule has 0 saturated carbocycles. The second kappa shape index (κ2) is 42.5. The van der Waals surface area contributed by atoms with Crippen LogP contribution >= 0.6 is 0 Å². The number of rotatable bonds is 24. The first-order valence-corrected chi connectivity index (χ1v) is 17.5. The number of nitrogens with zero attached hydrogens (tertiary/aromatic N) is 2. The molecule has 0 bridgehead atoms. The molecule has 264 valence electrons. The number of carbonyl (C=O) groups is 3. The standard InChI is InChI=1S/C22H43NO3.C5H11O.C4H4N2O.C4H9NO.K/c1-3-4-5-6-7-8-9-10-14-19-26-22(24)15-12-11-13-17-23-18-16-21(20-23)25-2;1-2-3-4-5-6;7-3-4-5-1-2-6-4;1-5-3-2-4-6;/h21H,3-20H2,1-2H3;2-5H2,1H3;1-3H,(H,5,6);4-5H,2-3H2,1H3;/q;-1;;;+1. The summed E-state index contributed by atoms with van der Waals surface area (Å²) in [5, 5.41) is 12.5. The first kappa shape index (κ1) is 49.9. The van der Waals surface area contributed by atoms with Gasteiger partial charge in [-0.1, -0.05) is 90.9 Å². The average molecular weight is 679 g/mol. The average Bonchev–Trinajstić information content (AvgIpc) is 3.77. The number of methoxy groups -OCH3 is 1. The van der Waals surface area contributed by atoms with Gasteiger partial charge < -0.3 is 34.6 Å². The first-order chi connectivity index (χ1) is 22.0. The van der Waals surface area contributed by atoms with Crippen molar-refractivity contribution in [3.8, 4) is 0 Å². The van der Waals surface area contributed by atoms with Gasteiger partial charge in [0, 0.05) is 52.0 Å². The van der Waals surface area contributed by atoms with Crippen molar-refractivity contribution in [3.63, 3.8) is 0 Å². The van der Waals surface area contributed by atoms with Crippen LogP contribution in [0.15, 0.2) is 12.4 Å². The van der Waals surface area contributed by atoms with Gasteiger partial charge in [-0.2, -0.15) is 0 Å². The van der Waals surface area contributed by atoms with Crippen LogP contribution in [-0.2, 0) is 19.1 Å². The number of hydrogen-bond acceptors (Lipinski definition) is 9. The summed E-state index contributed by atoms with van der Waals surface area (Å²) in [6, 6.07) is 0. The van der Waals surface area contributed by atoms with E-state index >= 15 is 0 Å². The third kappa shape index (κ3) is 37.9. The van der Waals surface area contributed by atoms with E-state index in [4.69, 9.17) is 9.47 Å². The van der Waals surface area contributed by atoms with Gasteiger partial charge in [0.25, 0.3) is 0 Å². The van der Waals surface area contributed by atoms with Crippen molar-refractivity contribution < 1.29 is 80.3 Å². The first-order valence-electron chi connectivity index (χ1n) is 17.5. The van der Waals surface area contributed by atoms with Crippen LogP contribution in [0.25, 0.3) is 0 Å². The number of esters is 1. The molecule has 0 radical (unpaired) electrons. The Morgan fingerprint density at radius 1 is 1.00 bits per heavy atom. The molecule has 1 aromatic heterocycles. The molecule has 0 amide bonds. The number of aromatic amines is 1. The molecule has 11 heteroatoms. The number of imidazole rings is 1. The Bertz CT molecular complexity index is 739. The van der Waals surface area contributed by atoms with Gasteiger partial charge in [-0.25, -0.2) is 4.98 Å². The summed E-state index contributed by atoms with van der Waals surface area (Å²) in [7, 11) is 3.62. The van der Waals surface area contributed by atoms with Gasteiger partial charge in [0.05, 0.1) is 12.7 Å². The molecule has 0 aromatic carbocycles. The molecule has 2 N–H and O–H groups in total. The minimum atomic E-state index is -0.00909. The van der Waals surface area contributed by atoms with E-state index in [1.165, 1.54) is 64.0 Å². The van der Waals surface area contributed by atoms with Gasteiger partial charge in [0.1, 0.15) is 6.29 Å². The fourth-order valence-corrected chi connectivity index (χ4v) is 4.54. The van der Waals surface area contributed by atoms with E-state index in [9.17, 15) is 19.5 Å². The summed E-state index contributed by atoms with van der Waals surface area (Å²) in [5.41, 5.74) is 0. The Morgan fingerprint density at radius 3 is 2.09 bits per heavy atom. The molecular weight excluding hydrogens is 612 g/mol. The third-order valence-corrected chi connectivity index (χ3v) is 7.32. The van der Waals surface area contributed by atoms with Crippen LogP contribution in [0.3, 0.4) is 0 Å². The van der Waals surface area contributed by atoms with Crippen LogP contribution in [0.5, 0.6) is 0 Å². The predicted octanol–water partition coefficient (Wildman–Crippen LogP) is 2.90. The van der Waals surface area contributed by atoms with E-state index in [2.05, 4.69) is 34.0 Å². The Balaban J connectivity index is -0.000000744. The molecule has 46 heavy (non-hydrogen) atoms. The number of likely N-dealkylation sites (tertiary alicyclic amines) is 1. The zero-order chi connectivity index (χ0) is 33.6. The molecule has 1 unspecified atom stereocenters. The number of hydrogen-bond donors (Lipinski definition) is 2. The van der Waals surface area contributed by atoms with Crippen molar-refractivity contribution >= 4 is 18.5 Å². The number of aldehydes is 2. The van der Waals surface area contributed by atoms with Crippen LogP contribution in [-0.4, -0.2) is 93.1 Å². The molecule has 1 atom stereocenters. The number of H-pyrrole nitrogens is 1. The molecule has 10 nitrogen and oxygen atoms in total. The van der Waals surface area contributed by atoms with Gasteiger partial charge >= 0.3 is 57.4 Å². The van der Waals surface area contributed by atoms with Crippen LogP contribution in [0.4, 0.5) is 0 Å². The maximum absolute atomic E-state index is 11.7. The van der Waals surface area contributed by atoms with Crippen LogP contribution in [0.1, 0.15) is 140 Å². The maximum atomic E-state index is 11.7.